The number of rotatable bonds is 9. The minimum Gasteiger partial charge on any atom is -0.504 e. The molecule has 1 rings (SSSR count). The highest BCUT2D eigenvalue weighted by atomic mass is 32.2. The summed E-state index contributed by atoms with van der Waals surface area (Å²) in [6.45, 7) is 8.27. The number of phenolic OH excluding ortho intramolecular Hbond substituents is 2. The molecule has 1 unspecified atom stereocenters. The first-order chi connectivity index (χ1) is 11.2. The second-order valence-corrected chi connectivity index (χ2v) is 7.82. The van der Waals surface area contributed by atoms with Crippen molar-refractivity contribution in [3.63, 3.8) is 0 Å². The van der Waals surface area contributed by atoms with Crippen LogP contribution in [0, 0.1) is 0 Å². The van der Waals surface area contributed by atoms with E-state index >= 15 is 0 Å². The van der Waals surface area contributed by atoms with Crippen molar-refractivity contribution in [2.24, 2.45) is 0 Å². The number of phenols is 2. The van der Waals surface area contributed by atoms with Crippen molar-refractivity contribution in [3.8, 4) is 17.2 Å². The smallest absolute Gasteiger partial charge is 0.290 e. The van der Waals surface area contributed by atoms with Crippen LogP contribution in [0.15, 0.2) is 17.0 Å². The van der Waals surface area contributed by atoms with Gasteiger partial charge in [-0.05, 0) is 0 Å². The topological polar surface area (TPSA) is 107 Å². The molecule has 0 fully saturated rings. The first-order valence-electron chi connectivity index (χ1n) is 7.64. The van der Waals surface area contributed by atoms with Crippen LogP contribution in [-0.2, 0) is 21.3 Å². The van der Waals surface area contributed by atoms with Crippen molar-refractivity contribution in [3.05, 3.63) is 12.1 Å². The Balaban J connectivity index is 3.30. The van der Waals surface area contributed by atoms with Crippen molar-refractivity contribution >= 4 is 21.3 Å². The van der Waals surface area contributed by atoms with E-state index in [-0.39, 0.29) is 18.8 Å². The minimum atomic E-state index is -4.01. The van der Waals surface area contributed by atoms with Crippen LogP contribution in [0.3, 0.4) is 0 Å². The predicted octanol–water partition coefficient (Wildman–Crippen LogP) is 1.43. The third-order valence-electron chi connectivity index (χ3n) is 3.44. The van der Waals surface area contributed by atoms with Gasteiger partial charge in [0.1, 0.15) is 10.6 Å². The fourth-order valence-corrected chi connectivity index (χ4v) is 4.45. The lowest BCUT2D eigenvalue weighted by atomic mass is 10.3. The maximum Gasteiger partial charge on any atom is 0.290 e. The van der Waals surface area contributed by atoms with Crippen molar-refractivity contribution < 1.29 is 27.0 Å². The van der Waals surface area contributed by atoms with Crippen molar-refractivity contribution in [2.45, 2.75) is 32.6 Å². The average molecular weight is 380 g/mol. The van der Waals surface area contributed by atoms with Gasteiger partial charge in [-0.15, -0.1) is 0 Å². The SMILES string of the molecule is CCN(CC)S(=O)Oc1cc(O)c(O)c(S(=O)(=O)N(CC)CC)c1. The first-order valence-corrected chi connectivity index (χ1v) is 10.1. The third-order valence-corrected chi connectivity index (χ3v) is 6.77. The van der Waals surface area contributed by atoms with Gasteiger partial charge in [-0.3, -0.25) is 0 Å². The molecule has 10 heteroatoms. The van der Waals surface area contributed by atoms with Gasteiger partial charge >= 0.3 is 0 Å². The molecule has 0 aliphatic carbocycles. The van der Waals surface area contributed by atoms with Crippen LogP contribution in [0.4, 0.5) is 0 Å². The monoisotopic (exact) mass is 380 g/mol. The predicted molar refractivity (Wildman–Crippen MR) is 91.6 cm³/mol. The summed E-state index contributed by atoms with van der Waals surface area (Å²) in [7, 11) is -4.01. The highest BCUT2D eigenvalue weighted by molar-refractivity contribution is 7.89. The molecule has 0 aromatic heterocycles. The molecule has 8 nitrogen and oxygen atoms in total. The zero-order valence-electron chi connectivity index (χ0n) is 14.2. The first kappa shape index (κ1) is 20.7. The van der Waals surface area contributed by atoms with E-state index in [1.165, 1.54) is 4.31 Å². The van der Waals surface area contributed by atoms with Crippen molar-refractivity contribution in [2.75, 3.05) is 26.2 Å². The van der Waals surface area contributed by atoms with Gasteiger partial charge in [0, 0.05) is 38.3 Å². The highest BCUT2D eigenvalue weighted by Gasteiger charge is 2.28. The standard InChI is InChI=1S/C14H24N2O6S2/c1-5-15(6-2)23(19)22-11-9-12(17)14(18)13(10-11)24(20,21)16(7-3)8-4/h9-10,17-18H,5-8H2,1-4H3. The van der Waals surface area contributed by atoms with Gasteiger partial charge in [-0.1, -0.05) is 27.7 Å². The molecule has 1 aromatic carbocycles. The fraction of sp³-hybridized carbons (Fsp3) is 0.571. The lowest BCUT2D eigenvalue weighted by Crippen LogP contribution is -2.31. The van der Waals surface area contributed by atoms with Crippen LogP contribution in [0.5, 0.6) is 17.2 Å². The van der Waals surface area contributed by atoms with E-state index in [2.05, 4.69) is 0 Å². The van der Waals surface area contributed by atoms with E-state index in [1.54, 1.807) is 27.7 Å². The fourth-order valence-electron chi connectivity index (χ4n) is 2.09. The largest absolute Gasteiger partial charge is 0.504 e. The summed E-state index contributed by atoms with van der Waals surface area (Å²) in [5, 5.41) is 19.7. The van der Waals surface area contributed by atoms with E-state index < -0.39 is 37.7 Å². The summed E-state index contributed by atoms with van der Waals surface area (Å²) in [6, 6.07) is 2.09. The molecule has 2 N–H and O–H groups in total. The lowest BCUT2D eigenvalue weighted by Gasteiger charge is -2.20. The lowest BCUT2D eigenvalue weighted by molar-refractivity contribution is 0.382. The Morgan fingerprint density at radius 2 is 1.58 bits per heavy atom. The van der Waals surface area contributed by atoms with Gasteiger partial charge in [-0.2, -0.15) is 12.8 Å². The maximum absolute atomic E-state index is 12.6. The summed E-state index contributed by atoms with van der Waals surface area (Å²) >= 11 is -1.84. The maximum atomic E-state index is 12.6. The van der Waals surface area contributed by atoms with E-state index in [1.807, 2.05) is 0 Å². The molecule has 0 spiro atoms. The molecule has 0 aliphatic rings. The second-order valence-electron chi connectivity index (χ2n) is 4.79. The van der Waals surface area contributed by atoms with Crippen LogP contribution in [0.1, 0.15) is 27.7 Å². The number of benzene rings is 1. The summed E-state index contributed by atoms with van der Waals surface area (Å²) in [4.78, 5) is -0.488. The molecule has 0 heterocycles. The summed E-state index contributed by atoms with van der Waals surface area (Å²) < 4.78 is 45.1. The third kappa shape index (κ3) is 4.38. The summed E-state index contributed by atoms with van der Waals surface area (Å²) in [5.74, 6) is -1.53. The van der Waals surface area contributed by atoms with Crippen molar-refractivity contribution in [1.82, 2.24) is 8.61 Å². The second kappa shape index (κ2) is 8.65. The van der Waals surface area contributed by atoms with Crippen molar-refractivity contribution in [1.29, 1.82) is 0 Å². The molecule has 138 valence electrons. The normalized spacial score (nSPS) is 13.4. The molecule has 0 amide bonds. The zero-order chi connectivity index (χ0) is 18.5. The number of hydrogen-bond acceptors (Lipinski definition) is 6. The Hall–Kier alpha value is -1.36. The number of aromatic hydroxyl groups is 2. The van der Waals surface area contributed by atoms with Crippen LogP contribution in [0.25, 0.3) is 0 Å². The molecule has 24 heavy (non-hydrogen) atoms. The van der Waals surface area contributed by atoms with E-state index in [4.69, 9.17) is 4.18 Å². The van der Waals surface area contributed by atoms with E-state index in [0.29, 0.717) is 13.1 Å². The molecule has 0 saturated heterocycles. The van der Waals surface area contributed by atoms with Gasteiger partial charge in [0.25, 0.3) is 11.3 Å². The van der Waals surface area contributed by atoms with Crippen LogP contribution >= 0.6 is 0 Å². The van der Waals surface area contributed by atoms with E-state index in [0.717, 1.165) is 16.4 Å². The Bertz CT molecular complexity index is 685. The Kier molecular flexibility index (Phi) is 7.46. The van der Waals surface area contributed by atoms with E-state index in [9.17, 15) is 22.8 Å². The summed E-state index contributed by atoms with van der Waals surface area (Å²) in [5.41, 5.74) is 0. The van der Waals surface area contributed by atoms with Gasteiger partial charge in [0.2, 0.25) is 10.0 Å². The van der Waals surface area contributed by atoms with Gasteiger partial charge in [-0.25, -0.2) is 8.42 Å². The highest BCUT2D eigenvalue weighted by Crippen LogP contribution is 2.38. The Morgan fingerprint density at radius 1 is 1.04 bits per heavy atom. The molecule has 0 aliphatic heterocycles. The minimum absolute atomic E-state index is 0.110. The number of sulfonamides is 1. The molecule has 0 bridgehead atoms. The Morgan fingerprint density at radius 3 is 2.04 bits per heavy atom. The molecule has 0 radical (unpaired) electrons. The average Bonchev–Trinajstić information content (AvgIpc) is 2.52. The number of hydrogen-bond donors (Lipinski definition) is 2. The van der Waals surface area contributed by atoms with Gasteiger partial charge < -0.3 is 14.4 Å². The Labute approximate surface area is 145 Å². The number of nitrogens with zero attached hydrogens (tertiary/aromatic N) is 2. The molecule has 0 saturated carbocycles. The molecule has 1 atom stereocenters. The molecular formula is C14H24N2O6S2. The van der Waals surface area contributed by atoms with Crippen LogP contribution in [0.2, 0.25) is 0 Å². The van der Waals surface area contributed by atoms with Gasteiger partial charge in [0.15, 0.2) is 11.5 Å². The molecule has 1 aromatic rings. The van der Waals surface area contributed by atoms with Gasteiger partial charge in [0.05, 0.1) is 0 Å². The molecular weight excluding hydrogens is 356 g/mol. The quantitative estimate of drug-likeness (QED) is 0.628. The van der Waals surface area contributed by atoms with Crippen LogP contribution < -0.4 is 4.18 Å². The zero-order valence-corrected chi connectivity index (χ0v) is 15.9. The summed E-state index contributed by atoms with van der Waals surface area (Å²) in [6.07, 6.45) is 0. The van der Waals surface area contributed by atoms with Crippen LogP contribution in [-0.4, -0.2) is 57.6 Å².